The zero-order valence-corrected chi connectivity index (χ0v) is 14.2. The van der Waals surface area contributed by atoms with Gasteiger partial charge in [-0.3, -0.25) is 0 Å². The van der Waals surface area contributed by atoms with Crippen LogP contribution in [0.15, 0.2) is 53.1 Å². The van der Waals surface area contributed by atoms with Gasteiger partial charge in [-0.25, -0.2) is 4.79 Å². The number of methoxy groups -OCH3 is 1. The number of phenols is 1. The number of hydrogen-bond donors (Lipinski definition) is 2. The second kappa shape index (κ2) is 7.56. The maximum absolute atomic E-state index is 11.2. The molecule has 1 unspecified atom stereocenters. The summed E-state index contributed by atoms with van der Waals surface area (Å²) in [4.78, 5) is 15.5. The second-order valence-corrected chi connectivity index (χ2v) is 5.43. The summed E-state index contributed by atoms with van der Waals surface area (Å²) in [5, 5.41) is 15.8. The average Bonchev–Trinajstić information content (AvgIpc) is 3.14. The van der Waals surface area contributed by atoms with E-state index in [-0.39, 0.29) is 11.6 Å². The highest BCUT2D eigenvalue weighted by Gasteiger charge is 2.17. The van der Waals surface area contributed by atoms with Crippen LogP contribution in [0.4, 0.5) is 4.79 Å². The highest BCUT2D eigenvalue weighted by Crippen LogP contribution is 2.26. The van der Waals surface area contributed by atoms with E-state index in [2.05, 4.69) is 20.2 Å². The average molecular weight is 355 g/mol. The van der Waals surface area contributed by atoms with Crippen LogP contribution >= 0.6 is 0 Å². The molecule has 8 nitrogen and oxygen atoms in total. The molecule has 0 bridgehead atoms. The number of benzene rings is 2. The molecular formula is C18H17N3O5. The van der Waals surface area contributed by atoms with E-state index in [9.17, 15) is 9.90 Å². The Balaban J connectivity index is 1.68. The van der Waals surface area contributed by atoms with Crippen LogP contribution in [0.25, 0.3) is 11.4 Å². The summed E-state index contributed by atoms with van der Waals surface area (Å²) in [6, 6.07) is 13.1. The fraction of sp³-hybridized carbons (Fsp3) is 0.167. The lowest BCUT2D eigenvalue weighted by atomic mass is 10.2. The molecule has 0 aliphatic heterocycles. The molecule has 0 spiro atoms. The fourth-order valence-corrected chi connectivity index (χ4v) is 2.15. The van der Waals surface area contributed by atoms with Crippen LogP contribution in [-0.4, -0.2) is 28.5 Å². The van der Waals surface area contributed by atoms with Crippen molar-refractivity contribution in [2.45, 2.75) is 13.0 Å². The number of aromatic hydroxyl groups is 1. The van der Waals surface area contributed by atoms with Gasteiger partial charge < -0.3 is 24.4 Å². The SMILES string of the molecule is COC(=O)NC(C)c1nc(-c2ccc(Oc3ccc(O)cc3)cc2)no1. The monoisotopic (exact) mass is 355 g/mol. The standard InChI is InChI=1S/C18H17N3O5/c1-11(19-18(23)24-2)17-20-16(21-26-17)12-3-7-14(8-4-12)25-15-9-5-13(22)6-10-15/h3-11,22H,1-2H3,(H,19,23). The van der Waals surface area contributed by atoms with Crippen molar-refractivity contribution in [3.8, 4) is 28.6 Å². The van der Waals surface area contributed by atoms with Crippen molar-refractivity contribution in [2.24, 2.45) is 0 Å². The number of carbonyl (C=O) groups excluding carboxylic acids is 1. The zero-order chi connectivity index (χ0) is 18.5. The van der Waals surface area contributed by atoms with Crippen LogP contribution in [0.3, 0.4) is 0 Å². The van der Waals surface area contributed by atoms with Gasteiger partial charge in [0, 0.05) is 5.56 Å². The Bertz CT molecular complexity index is 875. The van der Waals surface area contributed by atoms with Gasteiger partial charge in [0.1, 0.15) is 23.3 Å². The third-order valence-corrected chi connectivity index (χ3v) is 3.52. The first kappa shape index (κ1) is 17.3. The first-order valence-corrected chi connectivity index (χ1v) is 7.80. The van der Waals surface area contributed by atoms with E-state index in [4.69, 9.17) is 9.26 Å². The molecule has 3 rings (SSSR count). The molecule has 1 aromatic heterocycles. The Morgan fingerprint density at radius 1 is 1.12 bits per heavy atom. The third kappa shape index (κ3) is 4.10. The van der Waals surface area contributed by atoms with Gasteiger partial charge in [-0.1, -0.05) is 5.16 Å². The minimum atomic E-state index is -0.576. The molecule has 26 heavy (non-hydrogen) atoms. The van der Waals surface area contributed by atoms with Crippen LogP contribution in [0.1, 0.15) is 18.9 Å². The molecule has 2 aromatic carbocycles. The number of hydrogen-bond acceptors (Lipinski definition) is 7. The van der Waals surface area contributed by atoms with Crippen molar-refractivity contribution in [3.05, 3.63) is 54.4 Å². The van der Waals surface area contributed by atoms with Gasteiger partial charge in [-0.2, -0.15) is 4.98 Å². The van der Waals surface area contributed by atoms with E-state index >= 15 is 0 Å². The van der Waals surface area contributed by atoms with Crippen molar-refractivity contribution >= 4 is 6.09 Å². The van der Waals surface area contributed by atoms with Crippen molar-refractivity contribution in [1.82, 2.24) is 15.5 Å². The quantitative estimate of drug-likeness (QED) is 0.719. The summed E-state index contributed by atoms with van der Waals surface area (Å²) < 4.78 is 15.4. The van der Waals surface area contributed by atoms with Gasteiger partial charge in [-0.15, -0.1) is 0 Å². The molecule has 8 heteroatoms. The van der Waals surface area contributed by atoms with E-state index in [0.717, 1.165) is 5.56 Å². The largest absolute Gasteiger partial charge is 0.508 e. The molecule has 3 aromatic rings. The predicted molar refractivity (Wildman–Crippen MR) is 91.9 cm³/mol. The number of amides is 1. The smallest absolute Gasteiger partial charge is 0.407 e. The summed E-state index contributed by atoms with van der Waals surface area (Å²) >= 11 is 0. The molecule has 134 valence electrons. The Kier molecular flexibility index (Phi) is 5.02. The number of nitrogens with zero attached hydrogens (tertiary/aromatic N) is 2. The van der Waals surface area contributed by atoms with E-state index < -0.39 is 12.1 Å². The van der Waals surface area contributed by atoms with Crippen molar-refractivity contribution in [3.63, 3.8) is 0 Å². The summed E-state index contributed by atoms with van der Waals surface area (Å²) in [7, 11) is 1.28. The van der Waals surface area contributed by atoms with Crippen LogP contribution in [0, 0.1) is 0 Å². The third-order valence-electron chi connectivity index (χ3n) is 3.52. The van der Waals surface area contributed by atoms with Gasteiger partial charge in [0.25, 0.3) is 0 Å². The molecule has 1 heterocycles. The molecule has 0 aliphatic rings. The van der Waals surface area contributed by atoms with Crippen LogP contribution < -0.4 is 10.1 Å². The van der Waals surface area contributed by atoms with E-state index in [1.165, 1.54) is 7.11 Å². The van der Waals surface area contributed by atoms with Gasteiger partial charge in [0.2, 0.25) is 11.7 Å². The lowest BCUT2D eigenvalue weighted by Crippen LogP contribution is -2.26. The summed E-state index contributed by atoms with van der Waals surface area (Å²) in [6.45, 7) is 1.71. The molecule has 2 N–H and O–H groups in total. The summed E-state index contributed by atoms with van der Waals surface area (Å²) in [5.41, 5.74) is 0.739. The number of phenolic OH excluding ortho intramolecular Hbond substituents is 1. The topological polar surface area (TPSA) is 107 Å². The minimum absolute atomic E-state index is 0.177. The molecule has 0 radical (unpaired) electrons. The van der Waals surface area contributed by atoms with E-state index in [1.807, 2.05) is 0 Å². The highest BCUT2D eigenvalue weighted by atomic mass is 16.5. The number of alkyl carbamates (subject to hydrolysis) is 1. The second-order valence-electron chi connectivity index (χ2n) is 5.43. The van der Waals surface area contributed by atoms with Gasteiger partial charge in [0.15, 0.2) is 0 Å². The number of nitrogens with one attached hydrogen (secondary N) is 1. The fourth-order valence-electron chi connectivity index (χ4n) is 2.15. The van der Waals surface area contributed by atoms with E-state index in [1.54, 1.807) is 55.5 Å². The number of aromatic nitrogens is 2. The van der Waals surface area contributed by atoms with Crippen LogP contribution in [-0.2, 0) is 4.74 Å². The normalized spacial score (nSPS) is 11.6. The molecule has 0 fully saturated rings. The summed E-state index contributed by atoms with van der Waals surface area (Å²) in [5.74, 6) is 2.09. The van der Waals surface area contributed by atoms with E-state index in [0.29, 0.717) is 17.3 Å². The first-order valence-electron chi connectivity index (χ1n) is 7.80. The Labute approximate surface area is 149 Å². The Hall–Kier alpha value is -3.55. The molecule has 1 amide bonds. The maximum Gasteiger partial charge on any atom is 0.407 e. The van der Waals surface area contributed by atoms with Gasteiger partial charge in [-0.05, 0) is 55.5 Å². The molecule has 1 atom stereocenters. The minimum Gasteiger partial charge on any atom is -0.508 e. The number of carbonyl (C=O) groups is 1. The Morgan fingerprint density at radius 3 is 2.35 bits per heavy atom. The Morgan fingerprint density at radius 2 is 1.73 bits per heavy atom. The molecular weight excluding hydrogens is 338 g/mol. The lowest BCUT2D eigenvalue weighted by Gasteiger charge is -2.07. The van der Waals surface area contributed by atoms with Gasteiger partial charge in [0.05, 0.1) is 7.11 Å². The summed E-state index contributed by atoms with van der Waals surface area (Å²) in [6.07, 6.45) is -0.576. The molecule has 0 aliphatic carbocycles. The molecule has 0 saturated heterocycles. The molecule has 0 saturated carbocycles. The predicted octanol–water partition coefficient (Wildman–Crippen LogP) is 3.65. The lowest BCUT2D eigenvalue weighted by molar-refractivity contribution is 0.165. The highest BCUT2D eigenvalue weighted by molar-refractivity contribution is 5.67. The van der Waals surface area contributed by atoms with Crippen LogP contribution in [0.2, 0.25) is 0 Å². The van der Waals surface area contributed by atoms with Crippen molar-refractivity contribution in [1.29, 1.82) is 0 Å². The van der Waals surface area contributed by atoms with Crippen molar-refractivity contribution < 1.29 is 23.9 Å². The van der Waals surface area contributed by atoms with Crippen molar-refractivity contribution in [2.75, 3.05) is 7.11 Å². The van der Waals surface area contributed by atoms with Gasteiger partial charge >= 0.3 is 6.09 Å². The zero-order valence-electron chi connectivity index (χ0n) is 14.2. The maximum atomic E-state index is 11.2. The first-order chi connectivity index (χ1) is 12.5. The number of rotatable bonds is 5. The van der Waals surface area contributed by atoms with Crippen LogP contribution in [0.5, 0.6) is 17.2 Å². The number of ether oxygens (including phenoxy) is 2.